The SMILES string of the molecule is CCOc1cc(/C=C(\C#N)C(=O)Nc2sc3c(c2C#N)CCCC3)cc(I)c1OCC(=O)Nc1ccccc1. The number of thiophene rings is 1. The van der Waals surface area contributed by atoms with Gasteiger partial charge in [0.05, 0.1) is 15.7 Å². The molecule has 1 aliphatic rings. The molecule has 1 aliphatic carbocycles. The van der Waals surface area contributed by atoms with E-state index >= 15 is 0 Å². The summed E-state index contributed by atoms with van der Waals surface area (Å²) in [6.07, 6.45) is 5.27. The van der Waals surface area contributed by atoms with Crippen LogP contribution in [0.5, 0.6) is 11.5 Å². The van der Waals surface area contributed by atoms with Crippen LogP contribution in [0.1, 0.15) is 41.3 Å². The fourth-order valence-corrected chi connectivity index (χ4v) is 6.20. The van der Waals surface area contributed by atoms with Crippen molar-refractivity contribution < 1.29 is 19.1 Å². The minimum Gasteiger partial charge on any atom is -0.490 e. The van der Waals surface area contributed by atoms with E-state index in [4.69, 9.17) is 9.47 Å². The molecule has 3 aromatic rings. The minimum atomic E-state index is -0.585. The number of para-hydroxylation sites is 1. The van der Waals surface area contributed by atoms with Gasteiger partial charge in [0, 0.05) is 10.6 Å². The normalized spacial score (nSPS) is 12.5. The number of fused-ring (bicyclic) bond motifs is 1. The summed E-state index contributed by atoms with van der Waals surface area (Å²) in [5.41, 5.74) is 2.61. The van der Waals surface area contributed by atoms with Crippen LogP contribution in [-0.2, 0) is 22.4 Å². The van der Waals surface area contributed by atoms with Gasteiger partial charge >= 0.3 is 0 Å². The maximum atomic E-state index is 13.0. The monoisotopic (exact) mass is 652 g/mol. The molecule has 0 bridgehead atoms. The summed E-state index contributed by atoms with van der Waals surface area (Å²) in [7, 11) is 0. The van der Waals surface area contributed by atoms with Gasteiger partial charge < -0.3 is 20.1 Å². The Morgan fingerprint density at radius 1 is 1.10 bits per heavy atom. The van der Waals surface area contributed by atoms with E-state index in [1.807, 2.05) is 31.2 Å². The summed E-state index contributed by atoms with van der Waals surface area (Å²) in [4.78, 5) is 26.5. The molecule has 8 nitrogen and oxygen atoms in total. The number of nitriles is 2. The van der Waals surface area contributed by atoms with Crippen molar-refractivity contribution in [1.82, 2.24) is 0 Å². The van der Waals surface area contributed by atoms with Crippen LogP contribution in [-0.4, -0.2) is 25.0 Å². The van der Waals surface area contributed by atoms with E-state index < -0.39 is 5.91 Å². The lowest BCUT2D eigenvalue weighted by atomic mass is 9.96. The van der Waals surface area contributed by atoms with Gasteiger partial charge in [-0.15, -0.1) is 11.3 Å². The van der Waals surface area contributed by atoms with Crippen LogP contribution in [0.3, 0.4) is 0 Å². The fourth-order valence-electron chi connectivity index (χ4n) is 4.19. The largest absolute Gasteiger partial charge is 0.490 e. The Morgan fingerprint density at radius 3 is 2.59 bits per heavy atom. The van der Waals surface area contributed by atoms with Crippen LogP contribution in [0.25, 0.3) is 6.08 Å². The lowest BCUT2D eigenvalue weighted by Crippen LogP contribution is -2.20. The Balaban J connectivity index is 1.52. The van der Waals surface area contributed by atoms with E-state index in [2.05, 4.69) is 39.3 Å². The summed E-state index contributed by atoms with van der Waals surface area (Å²) in [6.45, 7) is 1.95. The summed E-state index contributed by atoms with van der Waals surface area (Å²) in [6, 6.07) is 16.7. The third kappa shape index (κ3) is 6.96. The van der Waals surface area contributed by atoms with Crippen molar-refractivity contribution in [1.29, 1.82) is 10.5 Å². The van der Waals surface area contributed by atoms with Gasteiger partial charge in [-0.25, -0.2) is 0 Å². The van der Waals surface area contributed by atoms with Gasteiger partial charge in [0.2, 0.25) is 0 Å². The second-order valence-corrected chi connectivity index (χ2v) is 10.9. The van der Waals surface area contributed by atoms with Gasteiger partial charge in [0.15, 0.2) is 18.1 Å². The highest BCUT2D eigenvalue weighted by molar-refractivity contribution is 14.1. The van der Waals surface area contributed by atoms with Gasteiger partial charge in [-0.2, -0.15) is 10.5 Å². The molecule has 2 aromatic carbocycles. The quantitative estimate of drug-likeness (QED) is 0.165. The van der Waals surface area contributed by atoms with Crippen molar-refractivity contribution in [2.75, 3.05) is 23.8 Å². The van der Waals surface area contributed by atoms with E-state index in [0.29, 0.717) is 43.5 Å². The molecule has 198 valence electrons. The zero-order chi connectivity index (χ0) is 27.8. The first kappa shape index (κ1) is 28.1. The second-order valence-electron chi connectivity index (χ2n) is 8.62. The lowest BCUT2D eigenvalue weighted by Gasteiger charge is -2.15. The van der Waals surface area contributed by atoms with E-state index in [0.717, 1.165) is 36.1 Å². The molecule has 0 spiro atoms. The Labute approximate surface area is 244 Å². The van der Waals surface area contributed by atoms with Crippen LogP contribution in [0.2, 0.25) is 0 Å². The molecule has 2 N–H and O–H groups in total. The standard InChI is InChI=1S/C29H25IN4O4S/c1-2-37-24-14-18(13-23(30)27(24)38-17-26(35)33-20-8-4-3-5-9-20)12-19(15-31)28(36)34-29-22(16-32)21-10-6-7-11-25(21)39-29/h3-5,8-9,12-14H,2,6-7,10-11,17H2,1H3,(H,33,35)(H,34,36)/b19-12+. The van der Waals surface area contributed by atoms with Crippen molar-refractivity contribution in [2.24, 2.45) is 0 Å². The number of nitrogens with zero attached hydrogens (tertiary/aromatic N) is 2. The number of anilines is 2. The molecule has 10 heteroatoms. The van der Waals surface area contributed by atoms with Crippen molar-refractivity contribution >= 4 is 62.5 Å². The molecule has 1 heterocycles. The molecule has 0 fully saturated rings. The highest BCUT2D eigenvalue weighted by Gasteiger charge is 2.23. The van der Waals surface area contributed by atoms with Crippen LogP contribution in [0.4, 0.5) is 10.7 Å². The van der Waals surface area contributed by atoms with Crippen LogP contribution < -0.4 is 20.1 Å². The number of amides is 2. The topological polar surface area (TPSA) is 124 Å². The summed E-state index contributed by atoms with van der Waals surface area (Å²) in [5, 5.41) is 25.4. The van der Waals surface area contributed by atoms with E-state index in [9.17, 15) is 20.1 Å². The molecule has 0 atom stereocenters. The van der Waals surface area contributed by atoms with Gasteiger partial charge in [0.1, 0.15) is 22.7 Å². The average molecular weight is 653 g/mol. The molecular weight excluding hydrogens is 627 g/mol. The predicted molar refractivity (Wildman–Crippen MR) is 159 cm³/mol. The Morgan fingerprint density at radius 2 is 1.87 bits per heavy atom. The van der Waals surface area contributed by atoms with E-state index in [1.165, 1.54) is 17.4 Å². The van der Waals surface area contributed by atoms with E-state index in [1.54, 1.807) is 24.3 Å². The first-order valence-corrected chi connectivity index (χ1v) is 14.2. The number of hydrogen-bond donors (Lipinski definition) is 2. The van der Waals surface area contributed by atoms with Gasteiger partial charge in [-0.1, -0.05) is 18.2 Å². The maximum absolute atomic E-state index is 13.0. The van der Waals surface area contributed by atoms with Crippen LogP contribution in [0.15, 0.2) is 48.0 Å². The predicted octanol–water partition coefficient (Wildman–Crippen LogP) is 6.07. The lowest BCUT2D eigenvalue weighted by molar-refractivity contribution is -0.118. The van der Waals surface area contributed by atoms with Gasteiger partial charge in [-0.3, -0.25) is 9.59 Å². The Hall–Kier alpha value is -3.87. The van der Waals surface area contributed by atoms with Crippen LogP contribution >= 0.6 is 33.9 Å². The number of halogens is 1. The summed E-state index contributed by atoms with van der Waals surface area (Å²) >= 11 is 3.47. The fraction of sp³-hybridized carbons (Fsp3) is 0.241. The number of hydrogen-bond acceptors (Lipinski definition) is 7. The molecule has 4 rings (SSSR count). The first-order chi connectivity index (χ1) is 18.9. The smallest absolute Gasteiger partial charge is 0.266 e. The van der Waals surface area contributed by atoms with Crippen molar-refractivity contribution in [3.05, 3.63) is 73.2 Å². The zero-order valence-corrected chi connectivity index (χ0v) is 24.1. The third-order valence-electron chi connectivity index (χ3n) is 5.92. The van der Waals surface area contributed by atoms with E-state index in [-0.39, 0.29) is 18.1 Å². The highest BCUT2D eigenvalue weighted by Crippen LogP contribution is 2.38. The zero-order valence-electron chi connectivity index (χ0n) is 21.2. The van der Waals surface area contributed by atoms with Gasteiger partial charge in [-0.05, 0) is 96.7 Å². The Kier molecular flexibility index (Phi) is 9.58. The molecule has 2 amide bonds. The molecular formula is C29H25IN4O4S. The van der Waals surface area contributed by atoms with Gasteiger partial charge in [0.25, 0.3) is 11.8 Å². The number of aryl methyl sites for hydroxylation is 1. The summed E-state index contributed by atoms with van der Waals surface area (Å²) < 4.78 is 12.2. The molecule has 0 saturated carbocycles. The summed E-state index contributed by atoms with van der Waals surface area (Å²) in [5.74, 6) is -0.125. The molecule has 39 heavy (non-hydrogen) atoms. The van der Waals surface area contributed by atoms with Crippen LogP contribution in [0, 0.1) is 26.2 Å². The second kappa shape index (κ2) is 13.3. The molecule has 0 saturated heterocycles. The molecule has 1 aromatic heterocycles. The number of nitrogens with one attached hydrogen (secondary N) is 2. The first-order valence-electron chi connectivity index (χ1n) is 12.3. The minimum absolute atomic E-state index is 0.112. The number of carbonyl (C=O) groups is 2. The number of ether oxygens (including phenoxy) is 2. The number of rotatable bonds is 9. The third-order valence-corrected chi connectivity index (χ3v) is 7.93. The number of carbonyl (C=O) groups excluding carboxylic acids is 2. The molecule has 0 aliphatic heterocycles. The van der Waals surface area contributed by atoms with Crippen molar-refractivity contribution in [2.45, 2.75) is 32.6 Å². The highest BCUT2D eigenvalue weighted by atomic mass is 127. The number of benzene rings is 2. The van der Waals surface area contributed by atoms with Crippen molar-refractivity contribution in [3.63, 3.8) is 0 Å². The maximum Gasteiger partial charge on any atom is 0.266 e. The molecule has 0 radical (unpaired) electrons. The molecule has 0 unspecified atom stereocenters. The average Bonchev–Trinajstić information content (AvgIpc) is 3.28. The Bertz CT molecular complexity index is 1500. The van der Waals surface area contributed by atoms with Crippen molar-refractivity contribution in [3.8, 4) is 23.6 Å².